The quantitative estimate of drug-likeness (QED) is 0.0149. The van der Waals surface area contributed by atoms with E-state index in [0.717, 1.165) is 36.9 Å². The van der Waals surface area contributed by atoms with E-state index in [9.17, 15) is 156 Å². The van der Waals surface area contributed by atoms with Crippen LogP contribution in [0.25, 0.3) is 0 Å². The fourth-order valence-electron chi connectivity index (χ4n) is 11.6. The molecule has 0 aromatic carbocycles. The topological polar surface area (TPSA) is 1140 Å². The molecule has 5 fully saturated rings. The molecule has 75 nitrogen and oxygen atoms in total. The Morgan fingerprint density at radius 1 is 0.280 bits per heavy atom. The molecule has 5 aliphatic rings. The van der Waals surface area contributed by atoms with Crippen LogP contribution in [0.2, 0.25) is 0 Å². The third kappa shape index (κ3) is 42.5. The minimum Gasteiger partial charge on any atom is -0.389 e. The summed E-state index contributed by atoms with van der Waals surface area (Å²) >= 11 is 36.9. The molecule has 0 spiro atoms. The summed E-state index contributed by atoms with van der Waals surface area (Å²) in [6, 6.07) is 0. The number of halogens is 5. The SMILES string of the molecule is Cc1cn([C@H]2O[C@@H](COP(=O)(O)OP(=O)(O)OP(=O)(O)O)C(O)[C@H]2Cl)c(=O)[nH]c1=O.Cc1cn([C@H]2O[C@@H](COP(=O)(O)OP(=O)(O)OP(=O)(O)O)C(O)[C@H]2Cl)c(=S)[nH]c1=O.Cc1cn([C@H]2O[C@@H](COP(=O)(O)OP(=O)(O)OP(=O)(O)O)C(O)[C@H]2F)c(=O)[nH]c1=S.Cc1cn([C@H]2O[C@@H](COP(=O)(O)OP(=O)(O)OP(=O)(O)O)C(O)[C@H]2F)c(=S)[nH]c1=O.Cc1cn([C@H]2O[C@@H](COP(=O)(O)OP(=O)(O)OP(=O)(O)O)C(O)[C@H]2F)c(=S)[nH]c1=S. The Balaban J connectivity index is 0.000000286. The number of nitrogens with zero attached hydrogens (tertiary/aromatic N) is 5. The van der Waals surface area contributed by atoms with Crippen molar-refractivity contribution >= 4 is 202 Å². The van der Waals surface area contributed by atoms with Crippen LogP contribution in [0.15, 0.2) is 55.0 Å². The highest BCUT2D eigenvalue weighted by molar-refractivity contribution is 7.73. The van der Waals surface area contributed by atoms with Crippen LogP contribution in [0, 0.1) is 58.2 Å². The Morgan fingerprint density at radius 3 is 0.733 bits per heavy atom. The fraction of sp³-hybridized carbons (Fsp3) is 0.600. The molecule has 10 heterocycles. The number of nitrogens with one attached hydrogen (secondary N) is 5. The number of alkyl halides is 5. The zero-order chi connectivity index (χ0) is 115. The molecule has 150 heavy (non-hydrogen) atoms. The van der Waals surface area contributed by atoms with Crippen LogP contribution in [0.1, 0.15) is 59.0 Å². The molecule has 5 aromatic heterocycles. The first-order chi connectivity index (χ1) is 67.6. The van der Waals surface area contributed by atoms with Gasteiger partial charge in [-0.05, 0) is 71.3 Å². The number of aliphatic hydroxyl groups is 5. The van der Waals surface area contributed by atoms with E-state index in [1.807, 2.05) is 4.98 Å². The number of phosphoric ester groups is 5. The van der Waals surface area contributed by atoms with Gasteiger partial charge < -0.3 is 152 Å². The molecule has 15 unspecified atom stereocenters. The van der Waals surface area contributed by atoms with Gasteiger partial charge in [-0.2, -0.15) is 43.1 Å². The highest BCUT2D eigenvalue weighted by atomic mass is 35.5. The Kier molecular flexibility index (Phi) is 47.9. The van der Waals surface area contributed by atoms with Crippen LogP contribution in [-0.2, 0) is 158 Å². The summed E-state index contributed by atoms with van der Waals surface area (Å²) < 4.78 is 300. The minimum absolute atomic E-state index is 0.0287. The van der Waals surface area contributed by atoms with Crippen LogP contribution in [0.3, 0.4) is 0 Å². The Hall–Kier alpha value is -2.48. The van der Waals surface area contributed by atoms with Crippen molar-refractivity contribution in [2.75, 3.05) is 33.0 Å². The highest BCUT2D eigenvalue weighted by Gasteiger charge is 2.55. The molecular weight excluding hydrogens is 2530 g/mol. The van der Waals surface area contributed by atoms with Crippen molar-refractivity contribution in [3.05, 3.63) is 134 Å². The Labute approximate surface area is 862 Å². The molecule has 100 heteroatoms. The molecule has 30 N–H and O–H groups in total. The van der Waals surface area contributed by atoms with Gasteiger partial charge in [-0.15, -0.1) is 23.2 Å². The molecule has 0 amide bonds. The molecule has 5 saturated heterocycles. The van der Waals surface area contributed by atoms with Gasteiger partial charge in [-0.1, -0.05) is 24.4 Å². The monoisotopic (exact) mass is 2610 g/mol. The average molecular weight is 2610 g/mol. The second-order valence-corrected chi connectivity index (χ2v) is 54.4. The second kappa shape index (κ2) is 52.8. The number of phosphoric acid groups is 15. The van der Waals surface area contributed by atoms with Gasteiger partial charge in [0.25, 0.3) is 16.7 Å². The maximum atomic E-state index is 14.5. The number of aryl methyl sites for hydroxylation is 5. The smallest absolute Gasteiger partial charge is 0.389 e. The number of aromatic amines is 5. The molecule has 0 saturated carbocycles. The molecule has 0 radical (unpaired) electrons. The van der Waals surface area contributed by atoms with Gasteiger partial charge >= 0.3 is 129 Å². The Bertz CT molecular complexity index is 6240. The van der Waals surface area contributed by atoms with E-state index in [-0.39, 0.29) is 35.6 Å². The predicted molar refractivity (Wildman–Crippen MR) is 486 cm³/mol. The van der Waals surface area contributed by atoms with Crippen molar-refractivity contribution in [3.8, 4) is 0 Å². The lowest BCUT2D eigenvalue weighted by Crippen LogP contribution is -2.36. The van der Waals surface area contributed by atoms with Crippen molar-refractivity contribution in [3.63, 3.8) is 0 Å². The van der Waals surface area contributed by atoms with Gasteiger partial charge in [-0.25, -0.2) is 91.2 Å². The average Bonchev–Trinajstić information content (AvgIpc) is 1.66. The van der Waals surface area contributed by atoms with Crippen LogP contribution in [0.4, 0.5) is 13.2 Å². The first-order valence-corrected chi connectivity index (χ1v) is 63.5. The van der Waals surface area contributed by atoms with Gasteiger partial charge in [0.05, 0.1) is 33.0 Å². The number of ether oxygens (including phenoxy) is 5. The number of hydrogen-bond donors (Lipinski definition) is 30. The number of H-pyrrole nitrogens is 5. The van der Waals surface area contributed by atoms with E-state index in [0.29, 0.717) is 15.8 Å². The zero-order valence-corrected chi connectivity index (χ0v) is 92.4. The molecular formula is C50H80Cl2F3N10O65P15S5. The van der Waals surface area contributed by atoms with Gasteiger partial charge in [0.1, 0.15) is 81.1 Å². The molecule has 5 aromatic rings. The zero-order valence-electron chi connectivity index (χ0n) is 73.4. The maximum absolute atomic E-state index is 14.5. The summed E-state index contributed by atoms with van der Waals surface area (Å²) in [6.45, 7) is 2.35. The molecule has 30 atom stereocenters. The highest BCUT2D eigenvalue weighted by Crippen LogP contribution is 2.71. The molecule has 10 rings (SSSR count). The van der Waals surface area contributed by atoms with E-state index in [1.165, 1.54) is 44.7 Å². The lowest BCUT2D eigenvalue weighted by atomic mass is 10.1. The maximum Gasteiger partial charge on any atom is 0.490 e. The number of aliphatic hydroxyl groups excluding tert-OH is 5. The molecule has 0 aliphatic carbocycles. The van der Waals surface area contributed by atoms with Crippen molar-refractivity contribution in [1.29, 1.82) is 0 Å². The van der Waals surface area contributed by atoms with E-state index in [2.05, 4.69) is 85.7 Å². The first kappa shape index (κ1) is 136. The van der Waals surface area contributed by atoms with Gasteiger partial charge in [0.2, 0.25) is 0 Å². The van der Waals surface area contributed by atoms with E-state index < -0.39 is 300 Å². The third-order valence-corrected chi connectivity index (χ3v) is 39.4. The van der Waals surface area contributed by atoms with Crippen molar-refractivity contribution in [2.45, 2.75) is 156 Å². The summed E-state index contributed by atoms with van der Waals surface area (Å²) in [5.74, 6) is 0. The molecule has 0 bridgehead atoms. The third-order valence-electron chi connectivity index (χ3n) is 17.7. The van der Waals surface area contributed by atoms with Gasteiger partial charge in [0.15, 0.2) is 64.0 Å². The van der Waals surface area contributed by atoms with Crippen molar-refractivity contribution in [1.82, 2.24) is 47.8 Å². The van der Waals surface area contributed by atoms with Gasteiger partial charge in [-0.3, -0.25) is 79.8 Å². The largest absolute Gasteiger partial charge is 0.490 e. The number of aromatic nitrogens is 10. The standard InChI is InChI=1S/C10H16ClN2O14P3.C10H16ClN2O13P3S.2C10H16FN2O13P3S.C10H16FN2O12P3S2/c1-4-2-13(10(16)12-8(4)15)9-6(11)7(14)5(25-9)3-24-29(20,21)27-30(22,23)26-28(17,18)19;1-4-2-13(10(30)12-8(4)15)9-6(11)7(14)5(24-9)3-23-28(19,20)26-29(21,22)25-27(16,17)18;1-4-2-13(10(15)12-8(4)30)9-6(11)7(14)5(24-9)3-23-28(19,20)26-29(21,22)25-27(16,17)18;1-4-2-13(10(30)12-8(4)15)9-6(11)7(14)5(24-9)3-23-28(19,20)26-29(21,22)25-27(16,17)18;1-4-2-13(10(30)12-8(4)29)9-6(11)7(14)5(23-9)3-22-27(18,19)25-28(20,21)24-26(15,16)17/h2,5-7,9,14H,3H2,1H3,(H,20,21)(H,22,23)(H,12,15,16)(H2,17,18,19);3*2,5-7,9,14H,3H2,1H3,(H,19,20)(H,21,22)(H,12,15,30)(H2,16,17,18);2,5-7,9,14H,3H2,1H3,(H,18,19)(H,20,21)(H,12,29,30)(H2,15,16,17)/t5*5-,6+,7?,9-/m00000/s1. The van der Waals surface area contributed by atoms with Crippen molar-refractivity contribution in [2.24, 2.45) is 0 Å². The normalized spacial score (nSPS) is 28.8. The Morgan fingerprint density at radius 2 is 0.467 bits per heavy atom. The number of hydrogen-bond acceptors (Lipinski definition) is 50. The molecule has 5 aliphatic heterocycles. The van der Waals surface area contributed by atoms with Crippen LogP contribution in [0.5, 0.6) is 0 Å². The first-order valence-electron chi connectivity index (χ1n) is 38.0. The molecule has 860 valence electrons. The van der Waals surface area contributed by atoms with Crippen molar-refractivity contribution < 1.29 is 294 Å². The fourth-order valence-corrected chi connectivity index (χ4v) is 28.5. The van der Waals surface area contributed by atoms with E-state index >= 15 is 0 Å². The van der Waals surface area contributed by atoms with E-state index in [1.54, 1.807) is 6.92 Å². The number of rotatable bonds is 40. The predicted octanol–water partition coefficient (Wildman–Crippen LogP) is 1.31. The van der Waals surface area contributed by atoms with Crippen LogP contribution in [-0.4, -0.2) is 294 Å². The minimum atomic E-state index is -5.74. The van der Waals surface area contributed by atoms with Crippen LogP contribution >= 0.6 is 202 Å². The lowest BCUT2D eigenvalue weighted by Gasteiger charge is -2.19. The summed E-state index contributed by atoms with van der Waals surface area (Å²) in [5.41, 5.74) is -2.01. The lowest BCUT2D eigenvalue weighted by molar-refractivity contribution is -0.0483. The summed E-state index contributed by atoms with van der Waals surface area (Å²) in [5, 5.41) is 47.7. The van der Waals surface area contributed by atoms with Crippen LogP contribution < -0.4 is 28.1 Å². The summed E-state index contributed by atoms with van der Waals surface area (Å²) in [6.07, 6.45) is -23.9. The van der Waals surface area contributed by atoms with Gasteiger partial charge in [0, 0.05) is 58.8 Å². The second-order valence-electron chi connectivity index (χ2n) is 29.3. The summed E-state index contributed by atoms with van der Waals surface area (Å²) in [4.78, 5) is 247. The summed E-state index contributed by atoms with van der Waals surface area (Å²) in [7, 11) is -83.6. The van der Waals surface area contributed by atoms with E-state index in [4.69, 9.17) is 181 Å².